The van der Waals surface area contributed by atoms with E-state index in [2.05, 4.69) is 17.2 Å². The lowest BCUT2D eigenvalue weighted by atomic mass is 10.2. The second-order valence-corrected chi connectivity index (χ2v) is 5.06. The molecule has 0 saturated heterocycles. The molecule has 1 aromatic rings. The number of halogens is 1. The lowest BCUT2D eigenvalue weighted by Crippen LogP contribution is -2.34. The fraction of sp³-hybridized carbons (Fsp3) is 0.438. The number of rotatable bonds is 9. The van der Waals surface area contributed by atoms with Crippen molar-refractivity contribution in [2.45, 2.75) is 19.4 Å². The number of benzene rings is 1. The van der Waals surface area contributed by atoms with Crippen molar-refractivity contribution in [3.05, 3.63) is 42.5 Å². The van der Waals surface area contributed by atoms with Crippen LogP contribution in [0.3, 0.4) is 0 Å². The molecule has 1 aromatic carbocycles. The number of para-hydroxylation sites is 1. The lowest BCUT2D eigenvalue weighted by molar-refractivity contribution is -0.120. The van der Waals surface area contributed by atoms with E-state index in [1.54, 1.807) is 6.08 Å². The van der Waals surface area contributed by atoms with E-state index in [0.717, 1.165) is 23.8 Å². The normalized spacial score (nSPS) is 13.1. The summed E-state index contributed by atoms with van der Waals surface area (Å²) in [4.78, 5) is 11.7. The van der Waals surface area contributed by atoms with Gasteiger partial charge in [-0.3, -0.25) is 4.79 Å². The fourth-order valence-electron chi connectivity index (χ4n) is 1.91. The maximum Gasteiger partial charge on any atom is 0.234 e. The topological polar surface area (TPSA) is 50.4 Å². The van der Waals surface area contributed by atoms with Gasteiger partial charge in [-0.25, -0.2) is 0 Å². The van der Waals surface area contributed by atoms with E-state index in [4.69, 9.17) is 4.74 Å². The van der Waals surface area contributed by atoms with Gasteiger partial charge in [0.15, 0.2) is 0 Å². The molecule has 2 rings (SSSR count). The van der Waals surface area contributed by atoms with Gasteiger partial charge in [0.05, 0.1) is 6.54 Å². The Kier molecular flexibility index (Phi) is 7.87. The summed E-state index contributed by atoms with van der Waals surface area (Å²) in [5, 5.41) is 6.08. The van der Waals surface area contributed by atoms with Crippen LogP contribution in [0.2, 0.25) is 0 Å². The smallest absolute Gasteiger partial charge is 0.234 e. The molecule has 21 heavy (non-hydrogen) atoms. The van der Waals surface area contributed by atoms with E-state index in [0.29, 0.717) is 19.7 Å². The van der Waals surface area contributed by atoms with Crippen molar-refractivity contribution < 1.29 is 9.53 Å². The van der Waals surface area contributed by atoms with Crippen molar-refractivity contribution in [1.29, 1.82) is 0 Å². The Labute approximate surface area is 132 Å². The van der Waals surface area contributed by atoms with Gasteiger partial charge in [0.25, 0.3) is 0 Å². The highest BCUT2D eigenvalue weighted by Crippen LogP contribution is 2.27. The Balaban J connectivity index is 0.00000220. The quantitative estimate of drug-likeness (QED) is 0.688. The summed E-state index contributed by atoms with van der Waals surface area (Å²) in [5.74, 6) is 1.60. The van der Waals surface area contributed by atoms with Crippen LogP contribution < -0.4 is 15.4 Å². The Hall–Kier alpha value is -1.52. The Morgan fingerprint density at radius 1 is 1.38 bits per heavy atom. The van der Waals surface area contributed by atoms with Crippen LogP contribution in [-0.4, -0.2) is 25.6 Å². The van der Waals surface area contributed by atoms with Crippen LogP contribution >= 0.6 is 12.4 Å². The van der Waals surface area contributed by atoms with E-state index in [1.165, 1.54) is 12.8 Å². The van der Waals surface area contributed by atoms with E-state index < -0.39 is 0 Å². The third-order valence-corrected chi connectivity index (χ3v) is 3.22. The summed E-state index contributed by atoms with van der Waals surface area (Å²) in [6, 6.07) is 7.71. The van der Waals surface area contributed by atoms with Crippen LogP contribution in [0.4, 0.5) is 0 Å². The summed E-state index contributed by atoms with van der Waals surface area (Å²) in [6.07, 6.45) is 4.29. The molecule has 4 nitrogen and oxygen atoms in total. The number of hydrogen-bond acceptors (Lipinski definition) is 3. The minimum atomic E-state index is 0. The molecule has 0 aliphatic heterocycles. The van der Waals surface area contributed by atoms with E-state index in [9.17, 15) is 4.79 Å². The average Bonchev–Trinajstić information content (AvgIpc) is 3.28. The second-order valence-electron chi connectivity index (χ2n) is 5.06. The molecule has 1 fully saturated rings. The first-order valence-electron chi connectivity index (χ1n) is 7.08. The van der Waals surface area contributed by atoms with Gasteiger partial charge in [0.2, 0.25) is 5.91 Å². The predicted octanol–water partition coefficient (Wildman–Crippen LogP) is 2.29. The summed E-state index contributed by atoms with van der Waals surface area (Å²) in [7, 11) is 0. The molecule has 0 heterocycles. The molecule has 0 unspecified atom stereocenters. The third kappa shape index (κ3) is 6.65. The SMILES string of the molecule is C=CCOc1ccccc1CNC(=O)CNCC1CC1.Cl. The first kappa shape index (κ1) is 17.5. The van der Waals surface area contributed by atoms with Gasteiger partial charge in [0.1, 0.15) is 12.4 Å². The van der Waals surface area contributed by atoms with Crippen LogP contribution in [0.25, 0.3) is 0 Å². The summed E-state index contributed by atoms with van der Waals surface area (Å²) < 4.78 is 5.55. The molecule has 1 aliphatic rings. The first-order valence-corrected chi connectivity index (χ1v) is 7.08. The zero-order valence-electron chi connectivity index (χ0n) is 12.1. The van der Waals surface area contributed by atoms with Crippen molar-refractivity contribution >= 4 is 18.3 Å². The van der Waals surface area contributed by atoms with Gasteiger partial charge in [-0.15, -0.1) is 12.4 Å². The molecule has 0 radical (unpaired) electrons. The number of hydrogen-bond donors (Lipinski definition) is 2. The minimum absolute atomic E-state index is 0. The fourth-order valence-corrected chi connectivity index (χ4v) is 1.91. The average molecular weight is 311 g/mol. The molecule has 0 spiro atoms. The van der Waals surface area contributed by atoms with E-state index in [-0.39, 0.29) is 18.3 Å². The molecular formula is C16H23ClN2O2. The van der Waals surface area contributed by atoms with Crippen LogP contribution in [0, 0.1) is 5.92 Å². The van der Waals surface area contributed by atoms with Gasteiger partial charge in [-0.05, 0) is 31.4 Å². The van der Waals surface area contributed by atoms with Crippen LogP contribution in [0.1, 0.15) is 18.4 Å². The van der Waals surface area contributed by atoms with Crippen LogP contribution in [-0.2, 0) is 11.3 Å². The van der Waals surface area contributed by atoms with Crippen LogP contribution in [0.15, 0.2) is 36.9 Å². The highest BCUT2D eigenvalue weighted by atomic mass is 35.5. The largest absolute Gasteiger partial charge is 0.489 e. The van der Waals surface area contributed by atoms with Crippen molar-refractivity contribution in [2.75, 3.05) is 19.7 Å². The van der Waals surface area contributed by atoms with E-state index in [1.807, 2.05) is 24.3 Å². The summed E-state index contributed by atoms with van der Waals surface area (Å²) in [5.41, 5.74) is 0.977. The highest BCUT2D eigenvalue weighted by Gasteiger charge is 2.20. The maximum absolute atomic E-state index is 11.7. The molecule has 1 amide bonds. The molecular weight excluding hydrogens is 288 g/mol. The molecule has 1 aliphatic carbocycles. The Bertz CT molecular complexity index is 461. The molecule has 0 atom stereocenters. The zero-order valence-corrected chi connectivity index (χ0v) is 13.0. The van der Waals surface area contributed by atoms with Crippen molar-refractivity contribution in [1.82, 2.24) is 10.6 Å². The molecule has 0 bridgehead atoms. The van der Waals surface area contributed by atoms with Gasteiger partial charge in [-0.1, -0.05) is 30.9 Å². The standard InChI is InChI=1S/C16H22N2O2.ClH/c1-2-9-20-15-6-4-3-5-14(15)11-18-16(19)12-17-10-13-7-8-13;/h2-6,13,17H,1,7-12H2,(H,18,19);1H. The number of amides is 1. The minimum Gasteiger partial charge on any atom is -0.489 e. The third-order valence-electron chi connectivity index (χ3n) is 3.22. The number of carbonyl (C=O) groups is 1. The monoisotopic (exact) mass is 310 g/mol. The number of nitrogens with one attached hydrogen (secondary N) is 2. The second kappa shape index (κ2) is 9.42. The first-order chi connectivity index (χ1) is 9.79. The van der Waals surface area contributed by atoms with Gasteiger partial charge in [-0.2, -0.15) is 0 Å². The summed E-state index contributed by atoms with van der Waals surface area (Å²) >= 11 is 0. The number of ether oxygens (including phenoxy) is 1. The van der Waals surface area contributed by atoms with Crippen molar-refractivity contribution in [3.8, 4) is 5.75 Å². The Morgan fingerprint density at radius 3 is 2.86 bits per heavy atom. The van der Waals surface area contributed by atoms with Gasteiger partial charge < -0.3 is 15.4 Å². The molecule has 5 heteroatoms. The summed E-state index contributed by atoms with van der Waals surface area (Å²) in [6.45, 7) is 5.91. The van der Waals surface area contributed by atoms with Gasteiger partial charge in [0, 0.05) is 12.1 Å². The molecule has 116 valence electrons. The van der Waals surface area contributed by atoms with Crippen molar-refractivity contribution in [3.63, 3.8) is 0 Å². The zero-order chi connectivity index (χ0) is 14.2. The molecule has 2 N–H and O–H groups in total. The maximum atomic E-state index is 11.7. The number of carbonyl (C=O) groups excluding carboxylic acids is 1. The predicted molar refractivity (Wildman–Crippen MR) is 86.8 cm³/mol. The van der Waals surface area contributed by atoms with Crippen molar-refractivity contribution in [2.24, 2.45) is 5.92 Å². The highest BCUT2D eigenvalue weighted by molar-refractivity contribution is 5.85. The Morgan fingerprint density at radius 2 is 2.14 bits per heavy atom. The van der Waals surface area contributed by atoms with Crippen LogP contribution in [0.5, 0.6) is 5.75 Å². The molecule has 1 saturated carbocycles. The lowest BCUT2D eigenvalue weighted by Gasteiger charge is -2.11. The van der Waals surface area contributed by atoms with E-state index >= 15 is 0 Å². The molecule has 0 aromatic heterocycles. The van der Waals surface area contributed by atoms with Gasteiger partial charge >= 0.3 is 0 Å².